The highest BCUT2D eigenvalue weighted by molar-refractivity contribution is 6.33. The molecule has 0 fully saturated rings. The molecule has 0 aromatic heterocycles. The minimum atomic E-state index is -0.609. The molecule has 0 aliphatic carbocycles. The van der Waals surface area contributed by atoms with Gasteiger partial charge in [-0.2, -0.15) is 0 Å². The number of rotatable bonds is 3. The van der Waals surface area contributed by atoms with E-state index in [0.29, 0.717) is 5.02 Å². The number of hydrogen-bond donors (Lipinski definition) is 1. The Hall–Kier alpha value is -1.78. The molecule has 2 N–H and O–H groups in total. The molecule has 0 heterocycles. The van der Waals surface area contributed by atoms with E-state index in [9.17, 15) is 9.18 Å². The van der Waals surface area contributed by atoms with Gasteiger partial charge in [-0.15, -0.1) is 0 Å². The molecule has 0 aliphatic rings. The molecular weight excluding hydrogens is 304 g/mol. The van der Waals surface area contributed by atoms with Crippen LogP contribution in [0.5, 0.6) is 0 Å². The zero-order valence-electron chi connectivity index (χ0n) is 10.2. The van der Waals surface area contributed by atoms with E-state index < -0.39 is 11.8 Å². The summed E-state index contributed by atoms with van der Waals surface area (Å²) in [6, 6.07) is 8.53. The van der Waals surface area contributed by atoms with Crippen molar-refractivity contribution in [2.75, 3.05) is 5.73 Å². The van der Waals surface area contributed by atoms with Crippen LogP contribution in [0.25, 0.3) is 0 Å². The minimum Gasteiger partial charge on any atom is -0.457 e. The van der Waals surface area contributed by atoms with Crippen LogP contribution in [0.3, 0.4) is 0 Å². The van der Waals surface area contributed by atoms with E-state index in [1.165, 1.54) is 30.3 Å². The SMILES string of the molecule is Nc1cc(C(=O)OCc2ccc(Cl)cc2F)ccc1Cl. The van der Waals surface area contributed by atoms with Gasteiger partial charge in [-0.25, -0.2) is 9.18 Å². The van der Waals surface area contributed by atoms with E-state index in [2.05, 4.69) is 0 Å². The van der Waals surface area contributed by atoms with Gasteiger partial charge in [-0.05, 0) is 30.3 Å². The lowest BCUT2D eigenvalue weighted by atomic mass is 10.2. The summed E-state index contributed by atoms with van der Waals surface area (Å²) in [5.74, 6) is -1.14. The molecule has 20 heavy (non-hydrogen) atoms. The molecule has 0 unspecified atom stereocenters. The van der Waals surface area contributed by atoms with Crippen LogP contribution in [0.2, 0.25) is 10.0 Å². The van der Waals surface area contributed by atoms with Gasteiger partial charge in [0, 0.05) is 10.6 Å². The number of nitrogens with two attached hydrogens (primary N) is 1. The topological polar surface area (TPSA) is 52.3 Å². The van der Waals surface area contributed by atoms with Crippen LogP contribution < -0.4 is 5.73 Å². The van der Waals surface area contributed by atoms with E-state index in [4.69, 9.17) is 33.7 Å². The Balaban J connectivity index is 2.06. The van der Waals surface area contributed by atoms with Crippen LogP contribution in [0.1, 0.15) is 15.9 Å². The van der Waals surface area contributed by atoms with Crippen LogP contribution in [0.4, 0.5) is 10.1 Å². The number of carbonyl (C=O) groups is 1. The zero-order valence-corrected chi connectivity index (χ0v) is 11.7. The highest BCUT2D eigenvalue weighted by Crippen LogP contribution is 2.21. The highest BCUT2D eigenvalue weighted by Gasteiger charge is 2.11. The Morgan fingerprint density at radius 3 is 2.60 bits per heavy atom. The Morgan fingerprint density at radius 2 is 1.95 bits per heavy atom. The van der Waals surface area contributed by atoms with E-state index in [0.717, 1.165) is 6.07 Å². The summed E-state index contributed by atoms with van der Waals surface area (Å²) in [6.07, 6.45) is 0. The third-order valence-electron chi connectivity index (χ3n) is 2.61. The van der Waals surface area contributed by atoms with E-state index in [1.807, 2.05) is 0 Å². The molecule has 6 heteroatoms. The second kappa shape index (κ2) is 6.11. The van der Waals surface area contributed by atoms with Gasteiger partial charge in [0.2, 0.25) is 0 Å². The first kappa shape index (κ1) is 14.6. The number of carbonyl (C=O) groups excluding carboxylic acids is 1. The van der Waals surface area contributed by atoms with Gasteiger partial charge < -0.3 is 10.5 Å². The maximum absolute atomic E-state index is 13.5. The molecule has 0 spiro atoms. The van der Waals surface area contributed by atoms with Crippen LogP contribution >= 0.6 is 23.2 Å². The van der Waals surface area contributed by atoms with Gasteiger partial charge in [0.1, 0.15) is 12.4 Å². The number of anilines is 1. The fraction of sp³-hybridized carbons (Fsp3) is 0.0714. The number of halogens is 3. The minimum absolute atomic E-state index is 0.190. The molecule has 0 bridgehead atoms. The molecule has 0 aliphatic heterocycles. The Kier molecular flexibility index (Phi) is 4.47. The molecule has 2 rings (SSSR count). The van der Waals surface area contributed by atoms with Gasteiger partial charge in [0.05, 0.1) is 16.3 Å². The zero-order chi connectivity index (χ0) is 14.7. The Labute approximate surface area is 125 Å². The molecule has 0 radical (unpaired) electrons. The van der Waals surface area contributed by atoms with Gasteiger partial charge >= 0.3 is 5.97 Å². The van der Waals surface area contributed by atoms with E-state index >= 15 is 0 Å². The molecule has 0 amide bonds. The molecule has 0 atom stereocenters. The molecule has 2 aromatic rings. The molecule has 0 saturated heterocycles. The predicted molar refractivity (Wildman–Crippen MR) is 76.4 cm³/mol. The maximum atomic E-state index is 13.5. The van der Waals surface area contributed by atoms with Crippen molar-refractivity contribution >= 4 is 34.9 Å². The quantitative estimate of drug-likeness (QED) is 0.686. The smallest absolute Gasteiger partial charge is 0.338 e. The summed E-state index contributed by atoms with van der Waals surface area (Å²) in [4.78, 5) is 11.8. The fourth-order valence-corrected chi connectivity index (χ4v) is 1.81. The van der Waals surface area contributed by atoms with E-state index in [1.54, 1.807) is 0 Å². The fourth-order valence-electron chi connectivity index (χ4n) is 1.54. The van der Waals surface area contributed by atoms with Crippen molar-refractivity contribution in [1.82, 2.24) is 0 Å². The summed E-state index contributed by atoms with van der Waals surface area (Å²) in [5.41, 5.74) is 6.36. The average Bonchev–Trinajstić information content (AvgIpc) is 2.40. The van der Waals surface area contributed by atoms with E-state index in [-0.39, 0.29) is 28.4 Å². The predicted octanol–water partition coefficient (Wildman–Crippen LogP) is 4.07. The third kappa shape index (κ3) is 3.40. The number of ether oxygens (including phenoxy) is 1. The summed E-state index contributed by atoms with van der Waals surface area (Å²) >= 11 is 11.4. The maximum Gasteiger partial charge on any atom is 0.338 e. The second-order valence-electron chi connectivity index (χ2n) is 4.05. The number of benzene rings is 2. The number of nitrogen functional groups attached to an aromatic ring is 1. The molecule has 0 saturated carbocycles. The molecule has 104 valence electrons. The lowest BCUT2D eigenvalue weighted by Gasteiger charge is -2.07. The van der Waals surface area contributed by atoms with Crippen LogP contribution in [-0.4, -0.2) is 5.97 Å². The van der Waals surface area contributed by atoms with Gasteiger partial charge in [-0.1, -0.05) is 29.3 Å². The van der Waals surface area contributed by atoms with Crippen LogP contribution in [0, 0.1) is 5.82 Å². The van der Waals surface area contributed by atoms with Gasteiger partial charge in [0.25, 0.3) is 0 Å². The summed E-state index contributed by atoms with van der Waals surface area (Å²) in [5, 5.41) is 0.633. The van der Waals surface area contributed by atoms with Crippen molar-refractivity contribution in [3.05, 3.63) is 63.4 Å². The number of esters is 1. The lowest BCUT2D eigenvalue weighted by molar-refractivity contribution is 0.0469. The van der Waals surface area contributed by atoms with Crippen LogP contribution in [0.15, 0.2) is 36.4 Å². The Bertz CT molecular complexity index is 662. The van der Waals surface area contributed by atoms with Crippen molar-refractivity contribution in [2.45, 2.75) is 6.61 Å². The highest BCUT2D eigenvalue weighted by atomic mass is 35.5. The first-order chi connectivity index (χ1) is 9.47. The third-order valence-corrected chi connectivity index (χ3v) is 3.18. The second-order valence-corrected chi connectivity index (χ2v) is 4.89. The molecule has 3 nitrogen and oxygen atoms in total. The normalized spacial score (nSPS) is 10.3. The van der Waals surface area contributed by atoms with Crippen molar-refractivity contribution < 1.29 is 13.9 Å². The van der Waals surface area contributed by atoms with Crippen molar-refractivity contribution in [1.29, 1.82) is 0 Å². The van der Waals surface area contributed by atoms with Crippen molar-refractivity contribution in [3.8, 4) is 0 Å². The van der Waals surface area contributed by atoms with Crippen molar-refractivity contribution in [2.24, 2.45) is 0 Å². The van der Waals surface area contributed by atoms with Gasteiger partial charge in [0.15, 0.2) is 0 Å². The Morgan fingerprint density at radius 1 is 1.20 bits per heavy atom. The first-order valence-corrected chi connectivity index (χ1v) is 6.39. The standard InChI is InChI=1S/C14H10Cl2FNO2/c15-10-3-1-9(12(17)6-10)7-20-14(19)8-2-4-11(16)13(18)5-8/h1-6H,7,18H2. The largest absolute Gasteiger partial charge is 0.457 e. The van der Waals surface area contributed by atoms with Crippen molar-refractivity contribution in [3.63, 3.8) is 0 Å². The number of hydrogen-bond acceptors (Lipinski definition) is 3. The lowest BCUT2D eigenvalue weighted by Crippen LogP contribution is -2.07. The molecular formula is C14H10Cl2FNO2. The molecule has 2 aromatic carbocycles. The van der Waals surface area contributed by atoms with Crippen LogP contribution in [-0.2, 0) is 11.3 Å². The first-order valence-electron chi connectivity index (χ1n) is 5.63. The monoisotopic (exact) mass is 313 g/mol. The summed E-state index contributed by atoms with van der Waals surface area (Å²) in [6.45, 7) is -0.190. The summed E-state index contributed by atoms with van der Waals surface area (Å²) in [7, 11) is 0. The summed E-state index contributed by atoms with van der Waals surface area (Å²) < 4.78 is 18.5. The average molecular weight is 314 g/mol. The van der Waals surface area contributed by atoms with Gasteiger partial charge in [-0.3, -0.25) is 0 Å².